The van der Waals surface area contributed by atoms with Gasteiger partial charge >= 0.3 is 0 Å². The highest BCUT2D eigenvalue weighted by Gasteiger charge is 2.26. The summed E-state index contributed by atoms with van der Waals surface area (Å²) in [7, 11) is -3.30. The van der Waals surface area contributed by atoms with Crippen molar-refractivity contribution in [1.82, 2.24) is 9.03 Å². The summed E-state index contributed by atoms with van der Waals surface area (Å²) in [5, 5.41) is 0. The van der Waals surface area contributed by atoms with E-state index in [9.17, 15) is 8.42 Å². The molecule has 0 saturated carbocycles. The molecule has 5 nitrogen and oxygen atoms in total. The minimum atomic E-state index is -3.30. The van der Waals surface area contributed by atoms with Crippen molar-refractivity contribution in [2.75, 3.05) is 37.6 Å². The lowest BCUT2D eigenvalue weighted by Crippen LogP contribution is -2.52. The topological polar surface area (TPSA) is 52.7 Å². The minimum absolute atomic E-state index is 0.425. The van der Waals surface area contributed by atoms with E-state index in [2.05, 4.69) is 31.6 Å². The van der Waals surface area contributed by atoms with Crippen LogP contribution in [0.3, 0.4) is 0 Å². The van der Waals surface area contributed by atoms with Gasteiger partial charge in [-0.25, -0.2) is 4.72 Å². The predicted octanol–water partition coefficient (Wildman–Crippen LogP) is 1.43. The molecule has 0 radical (unpaired) electrons. The average molecular weight is 348 g/mol. The van der Waals surface area contributed by atoms with Crippen LogP contribution in [0.4, 0.5) is 5.69 Å². The van der Waals surface area contributed by atoms with Gasteiger partial charge in [0.2, 0.25) is 0 Å². The Hall–Kier alpha value is -0.630. The van der Waals surface area contributed by atoms with Gasteiger partial charge in [0.1, 0.15) is 0 Å². The molecule has 1 fully saturated rings. The van der Waals surface area contributed by atoms with Crippen molar-refractivity contribution in [3.05, 3.63) is 28.7 Å². The first-order valence-electron chi connectivity index (χ1n) is 6.28. The molecule has 0 aromatic heterocycles. The Kier molecular flexibility index (Phi) is 4.83. The number of hydrogen-bond acceptors (Lipinski definition) is 3. The van der Waals surface area contributed by atoms with Crippen molar-refractivity contribution in [2.24, 2.45) is 0 Å². The van der Waals surface area contributed by atoms with E-state index in [1.165, 1.54) is 4.31 Å². The van der Waals surface area contributed by atoms with E-state index in [1.54, 1.807) is 6.92 Å². The van der Waals surface area contributed by atoms with Gasteiger partial charge in [0, 0.05) is 42.9 Å². The molecule has 19 heavy (non-hydrogen) atoms. The maximum absolute atomic E-state index is 11.9. The van der Waals surface area contributed by atoms with Crippen LogP contribution >= 0.6 is 15.9 Å². The van der Waals surface area contributed by atoms with Crippen LogP contribution in [0.15, 0.2) is 28.7 Å². The van der Waals surface area contributed by atoms with Gasteiger partial charge in [-0.15, -0.1) is 0 Å². The largest absolute Gasteiger partial charge is 0.369 e. The van der Waals surface area contributed by atoms with Gasteiger partial charge in [-0.2, -0.15) is 12.7 Å². The molecule has 0 spiro atoms. The molecule has 1 aliphatic heterocycles. The fourth-order valence-electron chi connectivity index (χ4n) is 2.13. The fourth-order valence-corrected chi connectivity index (χ4v) is 3.71. The normalized spacial score (nSPS) is 17.7. The van der Waals surface area contributed by atoms with Gasteiger partial charge in [0.05, 0.1) is 0 Å². The van der Waals surface area contributed by atoms with Crippen LogP contribution in [0, 0.1) is 0 Å². The highest BCUT2D eigenvalue weighted by Crippen LogP contribution is 2.21. The number of benzene rings is 1. The van der Waals surface area contributed by atoms with E-state index in [0.717, 1.165) is 10.2 Å². The maximum atomic E-state index is 11.9. The van der Waals surface area contributed by atoms with E-state index in [0.29, 0.717) is 32.7 Å². The van der Waals surface area contributed by atoms with Crippen molar-refractivity contribution in [3.8, 4) is 0 Å². The molecule has 1 heterocycles. The van der Waals surface area contributed by atoms with Gasteiger partial charge in [-0.1, -0.05) is 28.9 Å². The monoisotopic (exact) mass is 347 g/mol. The quantitative estimate of drug-likeness (QED) is 0.896. The first kappa shape index (κ1) is 14.8. The standard InChI is InChI=1S/C12H18BrN3O2S/c1-2-14-19(17,18)16-8-6-15(7-9-16)12-5-3-4-11(13)10-12/h3-5,10,14H,2,6-9H2,1H3. The van der Waals surface area contributed by atoms with Gasteiger partial charge in [-0.3, -0.25) is 0 Å². The van der Waals surface area contributed by atoms with Crippen molar-refractivity contribution in [3.63, 3.8) is 0 Å². The lowest BCUT2D eigenvalue weighted by Gasteiger charge is -2.35. The summed E-state index contributed by atoms with van der Waals surface area (Å²) in [6, 6.07) is 8.06. The molecule has 7 heteroatoms. The van der Waals surface area contributed by atoms with Crippen molar-refractivity contribution in [2.45, 2.75) is 6.92 Å². The Labute approximate surface area is 122 Å². The summed E-state index contributed by atoms with van der Waals surface area (Å²) in [5.41, 5.74) is 1.12. The number of nitrogens with one attached hydrogen (secondary N) is 1. The molecule has 1 saturated heterocycles. The highest BCUT2D eigenvalue weighted by molar-refractivity contribution is 9.10. The first-order chi connectivity index (χ1) is 9.03. The fraction of sp³-hybridized carbons (Fsp3) is 0.500. The molecule has 1 aromatic rings. The molecule has 0 amide bonds. The van der Waals surface area contributed by atoms with Crippen LogP contribution in [0.5, 0.6) is 0 Å². The Bertz CT molecular complexity index is 528. The van der Waals surface area contributed by atoms with Gasteiger partial charge in [-0.05, 0) is 18.2 Å². The molecule has 0 atom stereocenters. The van der Waals surface area contributed by atoms with Crippen LogP contribution in [0.2, 0.25) is 0 Å². The lowest BCUT2D eigenvalue weighted by molar-refractivity contribution is 0.379. The highest BCUT2D eigenvalue weighted by atomic mass is 79.9. The zero-order chi connectivity index (χ0) is 13.9. The molecule has 2 rings (SSSR count). The third-order valence-electron chi connectivity index (χ3n) is 3.08. The number of piperazine rings is 1. The summed E-state index contributed by atoms with van der Waals surface area (Å²) >= 11 is 3.45. The molecule has 1 aromatic carbocycles. The predicted molar refractivity (Wildman–Crippen MR) is 80.5 cm³/mol. The van der Waals surface area contributed by atoms with Crippen LogP contribution < -0.4 is 9.62 Å². The van der Waals surface area contributed by atoms with Gasteiger partial charge in [0.15, 0.2) is 0 Å². The lowest BCUT2D eigenvalue weighted by atomic mass is 10.2. The summed E-state index contributed by atoms with van der Waals surface area (Å²) < 4.78 is 28.8. The van der Waals surface area contributed by atoms with Crippen molar-refractivity contribution >= 4 is 31.8 Å². The Morgan fingerprint density at radius 2 is 1.95 bits per heavy atom. The zero-order valence-corrected chi connectivity index (χ0v) is 13.2. The molecule has 0 bridgehead atoms. The molecule has 0 aliphatic carbocycles. The number of halogens is 1. The maximum Gasteiger partial charge on any atom is 0.279 e. The molecule has 106 valence electrons. The van der Waals surface area contributed by atoms with E-state index in [1.807, 2.05) is 18.2 Å². The summed E-state index contributed by atoms with van der Waals surface area (Å²) in [6.45, 7) is 4.66. The third kappa shape index (κ3) is 3.68. The van der Waals surface area contributed by atoms with Crippen molar-refractivity contribution in [1.29, 1.82) is 0 Å². The smallest absolute Gasteiger partial charge is 0.279 e. The Balaban J connectivity index is 2.00. The summed E-state index contributed by atoms with van der Waals surface area (Å²) in [5.74, 6) is 0. The summed E-state index contributed by atoms with van der Waals surface area (Å²) in [4.78, 5) is 2.20. The van der Waals surface area contributed by atoms with Crippen LogP contribution in [-0.2, 0) is 10.2 Å². The van der Waals surface area contributed by atoms with Crippen LogP contribution in [-0.4, -0.2) is 45.4 Å². The Morgan fingerprint density at radius 3 is 2.53 bits per heavy atom. The van der Waals surface area contributed by atoms with E-state index in [-0.39, 0.29) is 0 Å². The third-order valence-corrected chi connectivity index (χ3v) is 5.27. The second-order valence-corrected chi connectivity index (χ2v) is 7.04. The molecular formula is C12H18BrN3O2S. The second kappa shape index (κ2) is 6.21. The van der Waals surface area contributed by atoms with Gasteiger partial charge in [0.25, 0.3) is 10.2 Å². The number of anilines is 1. The van der Waals surface area contributed by atoms with Crippen molar-refractivity contribution < 1.29 is 8.42 Å². The van der Waals surface area contributed by atoms with E-state index in [4.69, 9.17) is 0 Å². The second-order valence-electron chi connectivity index (χ2n) is 4.37. The molecule has 1 aliphatic rings. The number of hydrogen-bond donors (Lipinski definition) is 1. The zero-order valence-electron chi connectivity index (χ0n) is 10.8. The SMILES string of the molecule is CCNS(=O)(=O)N1CCN(c2cccc(Br)c2)CC1. The minimum Gasteiger partial charge on any atom is -0.369 e. The van der Waals surface area contributed by atoms with E-state index >= 15 is 0 Å². The van der Waals surface area contributed by atoms with Crippen LogP contribution in [0.25, 0.3) is 0 Å². The first-order valence-corrected chi connectivity index (χ1v) is 8.51. The molecule has 1 N–H and O–H groups in total. The number of nitrogens with zero attached hydrogens (tertiary/aromatic N) is 2. The van der Waals surface area contributed by atoms with E-state index < -0.39 is 10.2 Å². The van der Waals surface area contributed by atoms with Gasteiger partial charge < -0.3 is 4.90 Å². The summed E-state index contributed by atoms with van der Waals surface area (Å²) in [6.07, 6.45) is 0. The Morgan fingerprint density at radius 1 is 1.26 bits per heavy atom. The number of rotatable bonds is 4. The average Bonchev–Trinajstić information content (AvgIpc) is 2.39. The van der Waals surface area contributed by atoms with Crippen LogP contribution in [0.1, 0.15) is 6.92 Å². The molecular weight excluding hydrogens is 330 g/mol. The molecule has 0 unspecified atom stereocenters.